The number of aromatic nitrogens is 1. The van der Waals surface area contributed by atoms with Gasteiger partial charge in [0, 0.05) is 43.7 Å². The second-order valence-corrected chi connectivity index (χ2v) is 8.35. The minimum Gasteiger partial charge on any atom is -0.459 e. The molecule has 0 bridgehead atoms. The molecule has 1 aliphatic rings. The van der Waals surface area contributed by atoms with Crippen molar-refractivity contribution in [3.63, 3.8) is 0 Å². The van der Waals surface area contributed by atoms with Crippen molar-refractivity contribution < 1.29 is 27.2 Å². The zero-order valence-corrected chi connectivity index (χ0v) is 18.3. The fourth-order valence-corrected chi connectivity index (χ4v) is 4.27. The van der Waals surface area contributed by atoms with Crippen LogP contribution in [0.3, 0.4) is 0 Å². The molecule has 0 unspecified atom stereocenters. The van der Waals surface area contributed by atoms with Crippen molar-refractivity contribution in [1.82, 2.24) is 9.88 Å². The van der Waals surface area contributed by atoms with Crippen LogP contribution < -0.4 is 10.2 Å². The van der Waals surface area contributed by atoms with Gasteiger partial charge in [0.1, 0.15) is 0 Å². The van der Waals surface area contributed by atoms with Crippen LogP contribution in [-0.4, -0.2) is 47.9 Å². The number of furan rings is 1. The maximum atomic E-state index is 13.0. The summed E-state index contributed by atoms with van der Waals surface area (Å²) in [4.78, 5) is 32.5. The van der Waals surface area contributed by atoms with Crippen molar-refractivity contribution >= 4 is 34.0 Å². The summed E-state index contributed by atoms with van der Waals surface area (Å²) >= 11 is 1.27. The number of hydrogen-bond acceptors (Lipinski definition) is 6. The number of rotatable bonds is 6. The Bertz CT molecular complexity index is 1110. The highest BCUT2D eigenvalue weighted by Crippen LogP contribution is 2.32. The molecule has 3 heterocycles. The molecule has 1 aromatic carbocycles. The van der Waals surface area contributed by atoms with Crippen molar-refractivity contribution in [3.05, 3.63) is 65.1 Å². The first-order valence-electron chi connectivity index (χ1n) is 10.3. The summed E-state index contributed by atoms with van der Waals surface area (Å²) in [7, 11) is 0. The number of anilines is 2. The summed E-state index contributed by atoms with van der Waals surface area (Å²) < 4.78 is 43.9. The number of carbonyl (C=O) groups excluding carboxylic acids is 2. The molecular weight excluding hydrogens is 457 g/mol. The Kier molecular flexibility index (Phi) is 6.68. The van der Waals surface area contributed by atoms with Gasteiger partial charge >= 0.3 is 6.18 Å². The van der Waals surface area contributed by atoms with E-state index in [9.17, 15) is 22.8 Å². The van der Waals surface area contributed by atoms with E-state index in [2.05, 4.69) is 10.3 Å². The zero-order valence-electron chi connectivity index (χ0n) is 17.5. The Hall–Kier alpha value is -3.34. The van der Waals surface area contributed by atoms with Crippen molar-refractivity contribution in [1.29, 1.82) is 0 Å². The second-order valence-electron chi connectivity index (χ2n) is 7.49. The standard InChI is InChI=1S/C22H21F3N4O3S/c23-22(24,25)15-3-1-4-17(13-15)28-8-10-29(11-9-28)19(30)7-6-16-14-33-21(26-16)27-20(31)18-5-2-12-32-18/h1-5,12-14H,6-11H2,(H,26,27,31). The number of hydrogen-bond donors (Lipinski definition) is 1. The van der Waals surface area contributed by atoms with Gasteiger partial charge in [0.05, 0.1) is 17.5 Å². The lowest BCUT2D eigenvalue weighted by Gasteiger charge is -2.36. The normalized spacial score (nSPS) is 14.4. The van der Waals surface area contributed by atoms with Crippen molar-refractivity contribution in [3.8, 4) is 0 Å². The van der Waals surface area contributed by atoms with E-state index < -0.39 is 17.6 Å². The van der Waals surface area contributed by atoms with Crippen LogP contribution in [0.2, 0.25) is 0 Å². The van der Waals surface area contributed by atoms with Crippen LogP contribution in [-0.2, 0) is 17.4 Å². The smallest absolute Gasteiger partial charge is 0.416 e. The van der Waals surface area contributed by atoms with Gasteiger partial charge in [0.2, 0.25) is 5.91 Å². The van der Waals surface area contributed by atoms with Gasteiger partial charge in [0.15, 0.2) is 10.9 Å². The molecule has 3 aromatic rings. The van der Waals surface area contributed by atoms with Crippen LogP contribution in [0.5, 0.6) is 0 Å². The number of nitrogens with one attached hydrogen (secondary N) is 1. The number of halogens is 3. The molecule has 0 radical (unpaired) electrons. The molecule has 0 aliphatic carbocycles. The maximum absolute atomic E-state index is 13.0. The molecule has 4 rings (SSSR count). The highest BCUT2D eigenvalue weighted by Gasteiger charge is 2.31. The Labute approximate surface area is 191 Å². The van der Waals surface area contributed by atoms with Crippen LogP contribution in [0.4, 0.5) is 24.0 Å². The molecule has 2 amide bonds. The summed E-state index contributed by atoms with van der Waals surface area (Å²) in [6.07, 6.45) is -2.28. The Morgan fingerprint density at radius 3 is 2.61 bits per heavy atom. The van der Waals surface area contributed by atoms with E-state index in [0.717, 1.165) is 12.1 Å². The van der Waals surface area contributed by atoms with Crippen LogP contribution in [0.15, 0.2) is 52.5 Å². The molecule has 11 heteroatoms. The maximum Gasteiger partial charge on any atom is 0.416 e. The third kappa shape index (κ3) is 5.72. The molecule has 33 heavy (non-hydrogen) atoms. The van der Waals surface area contributed by atoms with Crippen LogP contribution >= 0.6 is 11.3 Å². The average Bonchev–Trinajstić information content (AvgIpc) is 3.50. The number of thiazole rings is 1. The summed E-state index contributed by atoms with van der Waals surface area (Å²) in [5.74, 6) is -0.241. The molecule has 1 fully saturated rings. The molecular formula is C22H21F3N4O3S. The fraction of sp³-hybridized carbons (Fsp3) is 0.318. The van der Waals surface area contributed by atoms with E-state index in [1.165, 1.54) is 23.7 Å². The first-order valence-corrected chi connectivity index (χ1v) is 11.2. The lowest BCUT2D eigenvalue weighted by atomic mass is 10.1. The zero-order chi connectivity index (χ0) is 23.4. The van der Waals surface area contributed by atoms with E-state index in [-0.39, 0.29) is 18.1 Å². The summed E-state index contributed by atoms with van der Waals surface area (Å²) in [6, 6.07) is 8.41. The van der Waals surface area contributed by atoms with Crippen LogP contribution in [0.1, 0.15) is 28.2 Å². The largest absolute Gasteiger partial charge is 0.459 e. The topological polar surface area (TPSA) is 78.7 Å². The van der Waals surface area contributed by atoms with E-state index >= 15 is 0 Å². The van der Waals surface area contributed by atoms with Crippen molar-refractivity contribution in [2.75, 3.05) is 36.4 Å². The lowest BCUT2D eigenvalue weighted by molar-refractivity contribution is -0.137. The Balaban J connectivity index is 1.25. The third-order valence-corrected chi connectivity index (χ3v) is 6.09. The number of piperazine rings is 1. The molecule has 0 saturated carbocycles. The molecule has 1 saturated heterocycles. The Morgan fingerprint density at radius 1 is 1.12 bits per heavy atom. The fourth-order valence-electron chi connectivity index (χ4n) is 3.53. The predicted octanol–water partition coefficient (Wildman–Crippen LogP) is 4.29. The van der Waals surface area contributed by atoms with E-state index in [1.807, 2.05) is 4.90 Å². The van der Waals surface area contributed by atoms with E-state index in [0.29, 0.717) is 49.1 Å². The molecule has 2 aromatic heterocycles. The molecule has 7 nitrogen and oxygen atoms in total. The SMILES string of the molecule is O=C(Nc1nc(CCC(=O)N2CCN(c3cccc(C(F)(F)F)c3)CC2)cs1)c1ccco1. The minimum atomic E-state index is -4.38. The highest BCUT2D eigenvalue weighted by atomic mass is 32.1. The predicted molar refractivity (Wildman–Crippen MR) is 117 cm³/mol. The number of aryl methyl sites for hydroxylation is 1. The van der Waals surface area contributed by atoms with E-state index in [1.54, 1.807) is 28.5 Å². The number of carbonyl (C=O) groups is 2. The first-order chi connectivity index (χ1) is 15.8. The molecule has 0 spiro atoms. The molecule has 0 atom stereocenters. The second kappa shape index (κ2) is 9.65. The van der Waals surface area contributed by atoms with Gasteiger partial charge < -0.3 is 14.2 Å². The number of amides is 2. The number of alkyl halides is 3. The average molecular weight is 478 g/mol. The van der Waals surface area contributed by atoms with Gasteiger partial charge in [-0.05, 0) is 36.8 Å². The highest BCUT2D eigenvalue weighted by molar-refractivity contribution is 7.13. The van der Waals surface area contributed by atoms with Gasteiger partial charge in [-0.1, -0.05) is 6.07 Å². The van der Waals surface area contributed by atoms with Gasteiger partial charge in [-0.25, -0.2) is 4.98 Å². The summed E-state index contributed by atoms with van der Waals surface area (Å²) in [5, 5.41) is 4.87. The summed E-state index contributed by atoms with van der Waals surface area (Å²) in [5.41, 5.74) is 0.524. The van der Waals surface area contributed by atoms with Crippen LogP contribution in [0.25, 0.3) is 0 Å². The number of nitrogens with zero attached hydrogens (tertiary/aromatic N) is 3. The van der Waals surface area contributed by atoms with Gasteiger partial charge in [-0.2, -0.15) is 13.2 Å². The van der Waals surface area contributed by atoms with E-state index in [4.69, 9.17) is 4.42 Å². The Morgan fingerprint density at radius 2 is 1.91 bits per heavy atom. The number of benzene rings is 1. The monoisotopic (exact) mass is 478 g/mol. The first kappa shape index (κ1) is 22.8. The third-order valence-electron chi connectivity index (χ3n) is 5.28. The summed E-state index contributed by atoms with van der Waals surface area (Å²) in [6.45, 7) is 1.81. The quantitative estimate of drug-likeness (QED) is 0.572. The molecule has 1 aliphatic heterocycles. The molecule has 1 N–H and O–H groups in total. The van der Waals surface area contributed by atoms with Gasteiger partial charge in [-0.15, -0.1) is 11.3 Å². The molecule has 174 valence electrons. The minimum absolute atomic E-state index is 0.0344. The van der Waals surface area contributed by atoms with Crippen molar-refractivity contribution in [2.24, 2.45) is 0 Å². The van der Waals surface area contributed by atoms with Crippen LogP contribution in [0, 0.1) is 0 Å². The van der Waals surface area contributed by atoms with Gasteiger partial charge in [0.25, 0.3) is 5.91 Å². The van der Waals surface area contributed by atoms with Gasteiger partial charge in [-0.3, -0.25) is 14.9 Å². The van der Waals surface area contributed by atoms with Crippen molar-refractivity contribution in [2.45, 2.75) is 19.0 Å². The lowest BCUT2D eigenvalue weighted by Crippen LogP contribution is -2.48.